The van der Waals surface area contributed by atoms with Gasteiger partial charge in [0.15, 0.2) is 12.6 Å². The van der Waals surface area contributed by atoms with Gasteiger partial charge >= 0.3 is 11.9 Å². The SMILES string of the molecule is CC1=C(/C=C/C(C)=C/C=C/C(C)=C/C=C/C=C(C)/C=C/C=C(C)/C=C/C2=C(C)C[C@@H](O[C@@H]3O[C@H](COC(=O)CCCCCCCCCCCC(C)C)[C@@H](O)[C@H](O)[C@H]3O)CC2(C)C)C(C)(C)C[C@H](O[C@@H]2O[C@H](COC(=O)CCCCCCCCCCCC(C)C)[C@@H](O)[C@H](O)[C@H]2O)C1. The Balaban J connectivity index is 1.18. The molecule has 0 aromatic carbocycles. The van der Waals surface area contributed by atoms with Crippen molar-refractivity contribution in [3.63, 3.8) is 0 Å². The molecule has 0 unspecified atom stereocenters. The van der Waals surface area contributed by atoms with Crippen LogP contribution in [0.1, 0.15) is 264 Å². The molecule has 4 aliphatic rings. The van der Waals surface area contributed by atoms with Crippen molar-refractivity contribution in [2.45, 2.75) is 337 Å². The number of rotatable bonds is 42. The summed E-state index contributed by atoms with van der Waals surface area (Å²) in [6, 6.07) is 0. The Morgan fingerprint density at radius 3 is 1.06 bits per heavy atom. The van der Waals surface area contributed by atoms with Gasteiger partial charge in [0.1, 0.15) is 62.0 Å². The lowest BCUT2D eigenvalue weighted by atomic mass is 9.71. The molecular weight excluding hydrogens is 1210 g/mol. The van der Waals surface area contributed by atoms with E-state index in [1.165, 1.54) is 101 Å². The fourth-order valence-corrected chi connectivity index (χ4v) is 13.6. The maximum Gasteiger partial charge on any atom is 0.305 e. The molecule has 4 rings (SSSR count). The van der Waals surface area contributed by atoms with Crippen molar-refractivity contribution in [2.24, 2.45) is 22.7 Å². The topological polar surface area (TPSA) is 211 Å². The molecule has 2 aliphatic heterocycles. The molecular formula is C82H132O14. The van der Waals surface area contributed by atoms with Crippen LogP contribution in [0.3, 0.4) is 0 Å². The average Bonchev–Trinajstić information content (AvgIpc) is 0.802. The fourth-order valence-electron chi connectivity index (χ4n) is 13.6. The largest absolute Gasteiger partial charge is 0.463 e. The molecule has 96 heavy (non-hydrogen) atoms. The molecule has 0 saturated carbocycles. The monoisotopic (exact) mass is 1340 g/mol. The predicted molar refractivity (Wildman–Crippen MR) is 388 cm³/mol. The molecule has 0 aromatic rings. The highest BCUT2D eigenvalue weighted by molar-refractivity contribution is 5.69. The van der Waals surface area contributed by atoms with Gasteiger partial charge in [-0.2, -0.15) is 0 Å². The van der Waals surface area contributed by atoms with Gasteiger partial charge in [0, 0.05) is 12.8 Å². The summed E-state index contributed by atoms with van der Waals surface area (Å²) < 4.78 is 35.7. The highest BCUT2D eigenvalue weighted by Crippen LogP contribution is 2.45. The van der Waals surface area contributed by atoms with Crippen molar-refractivity contribution in [3.05, 3.63) is 130 Å². The minimum atomic E-state index is -1.52. The maximum atomic E-state index is 12.6. The van der Waals surface area contributed by atoms with Crippen LogP contribution in [0, 0.1) is 22.7 Å². The highest BCUT2D eigenvalue weighted by atomic mass is 16.7. The third kappa shape index (κ3) is 31.9. The second-order valence-electron chi connectivity index (χ2n) is 30.5. The van der Waals surface area contributed by atoms with E-state index in [1.54, 1.807) is 0 Å². The molecule has 0 radical (unpaired) electrons. The first-order valence-corrected chi connectivity index (χ1v) is 37.1. The minimum Gasteiger partial charge on any atom is -0.463 e. The van der Waals surface area contributed by atoms with E-state index in [-0.39, 0.29) is 61.0 Å². The fraction of sp³-hybridized carbons (Fsp3) is 0.707. The molecule has 0 aromatic heterocycles. The van der Waals surface area contributed by atoms with Gasteiger partial charge in [-0.05, 0) is 114 Å². The lowest BCUT2D eigenvalue weighted by Crippen LogP contribution is -2.60. The number of esters is 2. The van der Waals surface area contributed by atoms with Crippen molar-refractivity contribution < 1.29 is 68.6 Å². The third-order valence-electron chi connectivity index (χ3n) is 19.3. The number of aliphatic hydroxyl groups is 6. The van der Waals surface area contributed by atoms with Crippen molar-refractivity contribution in [1.82, 2.24) is 0 Å². The van der Waals surface area contributed by atoms with Gasteiger partial charge in [-0.1, -0.05) is 289 Å². The van der Waals surface area contributed by atoms with Crippen molar-refractivity contribution in [1.29, 1.82) is 0 Å². The van der Waals surface area contributed by atoms with Crippen LogP contribution in [0.4, 0.5) is 0 Å². The van der Waals surface area contributed by atoms with Crippen LogP contribution in [0.5, 0.6) is 0 Å². The molecule has 6 N–H and O–H groups in total. The molecule has 0 spiro atoms. The van der Waals surface area contributed by atoms with E-state index in [4.69, 9.17) is 28.4 Å². The Morgan fingerprint density at radius 1 is 0.438 bits per heavy atom. The van der Waals surface area contributed by atoms with Gasteiger partial charge < -0.3 is 59.1 Å². The quantitative estimate of drug-likeness (QED) is 0.0191. The average molecular weight is 1340 g/mol. The zero-order chi connectivity index (χ0) is 70.8. The van der Waals surface area contributed by atoms with Gasteiger partial charge in [0.25, 0.3) is 0 Å². The van der Waals surface area contributed by atoms with Crippen LogP contribution in [0.2, 0.25) is 0 Å². The first kappa shape index (κ1) is 84.1. The van der Waals surface area contributed by atoms with Gasteiger partial charge in [-0.25, -0.2) is 0 Å². The number of allylic oxidation sites excluding steroid dienone is 20. The summed E-state index contributed by atoms with van der Waals surface area (Å²) in [6.45, 7) is 29.8. The molecule has 544 valence electrons. The minimum absolute atomic E-state index is 0.237. The van der Waals surface area contributed by atoms with Crippen LogP contribution in [-0.4, -0.2) is 129 Å². The van der Waals surface area contributed by atoms with E-state index in [1.807, 2.05) is 24.3 Å². The van der Waals surface area contributed by atoms with Gasteiger partial charge in [-0.15, -0.1) is 0 Å². The third-order valence-corrected chi connectivity index (χ3v) is 19.3. The summed E-state index contributed by atoms with van der Waals surface area (Å²) in [4.78, 5) is 25.2. The molecule has 2 fully saturated rings. The lowest BCUT2D eigenvalue weighted by Gasteiger charge is -2.43. The van der Waals surface area contributed by atoms with Crippen LogP contribution < -0.4 is 0 Å². The summed E-state index contributed by atoms with van der Waals surface area (Å²) >= 11 is 0. The Labute approximate surface area is 580 Å². The normalized spacial score (nSPS) is 27.4. The van der Waals surface area contributed by atoms with Crippen molar-refractivity contribution in [3.8, 4) is 0 Å². The molecule has 14 heteroatoms. The second-order valence-corrected chi connectivity index (χ2v) is 30.5. The van der Waals surface area contributed by atoms with Crippen LogP contribution >= 0.6 is 0 Å². The molecule has 0 bridgehead atoms. The molecule has 0 amide bonds. The maximum absolute atomic E-state index is 12.6. The van der Waals surface area contributed by atoms with E-state index in [0.29, 0.717) is 25.7 Å². The Bertz CT molecular complexity index is 2480. The number of hydrogen-bond acceptors (Lipinski definition) is 14. The molecule has 2 saturated heterocycles. The Kier molecular flexibility index (Phi) is 39.2. The standard InChI is InChI=1S/C82H132O14/c1-57(2)37-29-25-21-17-15-19-23-27-31-45-71(83)91-55-69-73(85)75(87)77(89)79(95-69)93-65-51-63(9)67(81(11,12)53-65)49-47-61(7)43-35-41-59(5)39-33-34-40-60(6)42-36-44-62(8)48-50-68-64(10)52-66(54-82(68,13)14)94-80-78(90)76(88)74(86)70(96-80)56-92-72(84)46-32-28-24-20-16-18-22-26-30-38-58(3)4/h33-36,39-44,47-50,57-58,65-66,69-70,73-80,85-90H,15-32,37-38,45-46,51-56H2,1-14H3/b34-33+,41-35+,42-36+,49-47+,50-48+,59-39+,60-40+,61-43+,62-44+/t65-,66-,69-,70-,73-,74-,75+,76+,77-,78-,79-,80-/m1/s1. The van der Waals surface area contributed by atoms with Crippen LogP contribution in [0.25, 0.3) is 0 Å². The van der Waals surface area contributed by atoms with Crippen molar-refractivity contribution >= 4 is 11.9 Å². The van der Waals surface area contributed by atoms with E-state index >= 15 is 0 Å². The zero-order valence-electron chi connectivity index (χ0n) is 61.9. The van der Waals surface area contributed by atoms with Gasteiger partial charge in [-0.3, -0.25) is 9.59 Å². The summed E-state index contributed by atoms with van der Waals surface area (Å²) in [5.41, 5.74) is 8.58. The second kappa shape index (κ2) is 44.7. The first-order chi connectivity index (χ1) is 45.6. The van der Waals surface area contributed by atoms with E-state index in [2.05, 4.69) is 158 Å². The Morgan fingerprint density at radius 2 is 0.740 bits per heavy atom. The van der Waals surface area contributed by atoms with Crippen LogP contribution in [0.15, 0.2) is 130 Å². The predicted octanol–water partition coefficient (Wildman–Crippen LogP) is 17.2. The smallest absolute Gasteiger partial charge is 0.305 e. The number of ether oxygens (including phenoxy) is 6. The molecule has 14 nitrogen and oxygen atoms in total. The van der Waals surface area contributed by atoms with Crippen LogP contribution in [-0.2, 0) is 38.0 Å². The lowest BCUT2D eigenvalue weighted by molar-refractivity contribution is -0.313. The van der Waals surface area contributed by atoms with Crippen molar-refractivity contribution in [2.75, 3.05) is 13.2 Å². The number of carbonyl (C=O) groups is 2. The molecule has 12 atom stereocenters. The number of aliphatic hydroxyl groups excluding tert-OH is 6. The first-order valence-electron chi connectivity index (χ1n) is 37.1. The number of unbranched alkanes of at least 4 members (excludes halogenated alkanes) is 16. The summed E-state index contributed by atoms with van der Waals surface area (Å²) in [6.07, 6.45) is 41.8. The molecule has 2 aliphatic carbocycles. The van der Waals surface area contributed by atoms with Gasteiger partial charge in [0.2, 0.25) is 0 Å². The van der Waals surface area contributed by atoms with E-state index < -0.39 is 61.4 Å². The zero-order valence-corrected chi connectivity index (χ0v) is 61.9. The number of hydrogen-bond donors (Lipinski definition) is 6. The summed E-state index contributed by atoms with van der Waals surface area (Å²) in [5, 5.41) is 65.0. The summed E-state index contributed by atoms with van der Waals surface area (Å²) in [5.74, 6) is 0.822. The molecule has 2 heterocycles. The van der Waals surface area contributed by atoms with E-state index in [0.717, 1.165) is 83.8 Å². The Hall–Kier alpha value is -4.32. The highest BCUT2D eigenvalue weighted by Gasteiger charge is 2.48. The van der Waals surface area contributed by atoms with Gasteiger partial charge in [0.05, 0.1) is 12.2 Å². The van der Waals surface area contributed by atoms with E-state index in [9.17, 15) is 40.2 Å². The summed E-state index contributed by atoms with van der Waals surface area (Å²) in [7, 11) is 0. The number of carbonyl (C=O) groups excluding carboxylic acids is 2.